The molecule has 3 aliphatic heterocycles. The number of nitrogens with zero attached hydrogens (tertiary/aromatic N) is 3. The Kier molecular flexibility index (Phi) is 6.58. The number of hydrogen-bond donors (Lipinski definition) is 1. The number of nitrogens with one attached hydrogen (secondary N) is 1. The predicted octanol–water partition coefficient (Wildman–Crippen LogP) is 2.33. The molecular formula is C27H32N4O4. The number of benzene rings is 2. The number of ether oxygens (including phenoxy) is 1. The smallest absolute Gasteiger partial charge is 0.255 e. The summed E-state index contributed by atoms with van der Waals surface area (Å²) in [6.07, 6.45) is 0.586. The van der Waals surface area contributed by atoms with Crippen LogP contribution in [0.25, 0.3) is 0 Å². The molecule has 0 aromatic heterocycles. The summed E-state index contributed by atoms with van der Waals surface area (Å²) < 4.78 is 6.14. The first kappa shape index (κ1) is 23.5. The van der Waals surface area contributed by atoms with E-state index in [4.69, 9.17) is 4.74 Å². The van der Waals surface area contributed by atoms with Crippen molar-refractivity contribution in [3.63, 3.8) is 0 Å². The molecule has 2 aromatic carbocycles. The number of likely N-dealkylation sites (N-methyl/N-ethyl adjacent to an activating group) is 1. The average Bonchev–Trinajstić information content (AvgIpc) is 3.20. The van der Waals surface area contributed by atoms with E-state index in [1.807, 2.05) is 6.07 Å². The minimum atomic E-state index is -0.629. The van der Waals surface area contributed by atoms with E-state index in [-0.39, 0.29) is 18.2 Å². The van der Waals surface area contributed by atoms with Gasteiger partial charge in [0, 0.05) is 49.8 Å². The van der Waals surface area contributed by atoms with Crippen LogP contribution >= 0.6 is 0 Å². The van der Waals surface area contributed by atoms with Crippen molar-refractivity contribution in [2.45, 2.75) is 45.0 Å². The van der Waals surface area contributed by atoms with Crippen molar-refractivity contribution < 1.29 is 19.1 Å². The molecule has 3 aliphatic rings. The van der Waals surface area contributed by atoms with Crippen molar-refractivity contribution in [1.82, 2.24) is 20.0 Å². The maximum atomic E-state index is 13.0. The molecule has 0 spiro atoms. The Morgan fingerprint density at radius 2 is 1.77 bits per heavy atom. The summed E-state index contributed by atoms with van der Waals surface area (Å²) in [5.74, 6) is -0.234. The summed E-state index contributed by atoms with van der Waals surface area (Å²) in [6, 6.07) is 13.7. The van der Waals surface area contributed by atoms with Gasteiger partial charge in [0.25, 0.3) is 5.91 Å². The number of fused-ring (bicyclic) bond motifs is 1. The standard InChI is InChI=1S/C27H32N4O4/c1-18(30-14-12-29(2)13-15-30)20-8-6-19(7-9-20)17-35-24-5-3-4-21-22(24)16-31(27(21)34)23-10-11-25(32)28-26(23)33/h3-9,18,23H,10-17H2,1-2H3,(H,28,32,33)/t18-,23?/m1/s1. The molecule has 2 aromatic rings. The van der Waals surface area contributed by atoms with Crippen LogP contribution in [0.1, 0.15) is 52.9 Å². The fraction of sp³-hybridized carbons (Fsp3) is 0.444. The van der Waals surface area contributed by atoms with Gasteiger partial charge in [0.05, 0.1) is 6.54 Å². The van der Waals surface area contributed by atoms with E-state index in [1.54, 1.807) is 17.0 Å². The van der Waals surface area contributed by atoms with Gasteiger partial charge in [0.15, 0.2) is 0 Å². The van der Waals surface area contributed by atoms with Gasteiger partial charge in [-0.3, -0.25) is 24.6 Å². The van der Waals surface area contributed by atoms with Gasteiger partial charge >= 0.3 is 0 Å². The number of piperidine rings is 1. The van der Waals surface area contributed by atoms with E-state index in [0.717, 1.165) is 37.3 Å². The zero-order valence-electron chi connectivity index (χ0n) is 20.3. The van der Waals surface area contributed by atoms with E-state index < -0.39 is 11.9 Å². The first-order valence-corrected chi connectivity index (χ1v) is 12.3. The molecule has 184 valence electrons. The molecule has 2 fully saturated rings. The molecule has 3 heterocycles. The molecule has 1 N–H and O–H groups in total. The highest BCUT2D eigenvalue weighted by Gasteiger charge is 2.40. The zero-order valence-corrected chi connectivity index (χ0v) is 20.3. The van der Waals surface area contributed by atoms with Gasteiger partial charge in [-0.15, -0.1) is 0 Å². The highest BCUT2D eigenvalue weighted by atomic mass is 16.5. The predicted molar refractivity (Wildman–Crippen MR) is 131 cm³/mol. The molecule has 1 unspecified atom stereocenters. The Morgan fingerprint density at radius 1 is 1.03 bits per heavy atom. The number of carbonyl (C=O) groups is 3. The first-order valence-electron chi connectivity index (χ1n) is 12.3. The molecule has 0 aliphatic carbocycles. The van der Waals surface area contributed by atoms with E-state index in [9.17, 15) is 14.4 Å². The second-order valence-electron chi connectivity index (χ2n) is 9.73. The molecule has 0 radical (unpaired) electrons. The van der Waals surface area contributed by atoms with Crippen molar-refractivity contribution in [1.29, 1.82) is 0 Å². The van der Waals surface area contributed by atoms with Gasteiger partial charge in [-0.1, -0.05) is 30.3 Å². The van der Waals surface area contributed by atoms with E-state index in [1.165, 1.54) is 5.56 Å². The van der Waals surface area contributed by atoms with Crippen LogP contribution in [0.15, 0.2) is 42.5 Å². The van der Waals surface area contributed by atoms with Crippen LogP contribution in [0, 0.1) is 0 Å². The van der Waals surface area contributed by atoms with Crippen LogP contribution in [0.5, 0.6) is 5.75 Å². The lowest BCUT2D eigenvalue weighted by Gasteiger charge is -2.36. The Hall–Kier alpha value is -3.23. The van der Waals surface area contributed by atoms with Gasteiger partial charge in [-0.05, 0) is 43.7 Å². The van der Waals surface area contributed by atoms with Crippen LogP contribution in [0.2, 0.25) is 0 Å². The van der Waals surface area contributed by atoms with Crippen LogP contribution in [0.3, 0.4) is 0 Å². The molecule has 0 bridgehead atoms. The third kappa shape index (κ3) is 4.81. The highest BCUT2D eigenvalue weighted by molar-refractivity contribution is 6.05. The SMILES string of the molecule is C[C@H](c1ccc(COc2cccc3c2CN(C2CCC(=O)NC2=O)C3=O)cc1)N1CCN(C)CC1. The molecule has 0 saturated carbocycles. The molecule has 2 atom stereocenters. The number of piperazine rings is 1. The lowest BCUT2D eigenvalue weighted by Crippen LogP contribution is -2.52. The Balaban J connectivity index is 1.23. The second kappa shape index (κ2) is 9.79. The zero-order chi connectivity index (χ0) is 24.5. The van der Waals surface area contributed by atoms with Crippen molar-refractivity contribution >= 4 is 17.7 Å². The molecular weight excluding hydrogens is 444 g/mol. The second-order valence-corrected chi connectivity index (χ2v) is 9.73. The number of rotatable bonds is 6. The van der Waals surface area contributed by atoms with E-state index in [2.05, 4.69) is 53.4 Å². The number of amides is 3. The maximum Gasteiger partial charge on any atom is 0.255 e. The average molecular weight is 477 g/mol. The summed E-state index contributed by atoms with van der Waals surface area (Å²) >= 11 is 0. The third-order valence-corrected chi connectivity index (χ3v) is 7.48. The van der Waals surface area contributed by atoms with Crippen LogP contribution < -0.4 is 10.1 Å². The quantitative estimate of drug-likeness (QED) is 0.645. The molecule has 8 nitrogen and oxygen atoms in total. The monoisotopic (exact) mass is 476 g/mol. The lowest BCUT2D eigenvalue weighted by molar-refractivity contribution is -0.136. The van der Waals surface area contributed by atoms with Crippen molar-refractivity contribution in [3.8, 4) is 5.75 Å². The molecule has 2 saturated heterocycles. The fourth-order valence-electron chi connectivity index (χ4n) is 5.17. The maximum absolute atomic E-state index is 13.0. The summed E-state index contributed by atoms with van der Waals surface area (Å²) in [4.78, 5) is 43.2. The minimum absolute atomic E-state index is 0.192. The summed E-state index contributed by atoms with van der Waals surface area (Å²) in [5, 5.41) is 2.34. The lowest BCUT2D eigenvalue weighted by atomic mass is 10.0. The minimum Gasteiger partial charge on any atom is -0.489 e. The molecule has 3 amide bonds. The number of imide groups is 1. The molecule has 8 heteroatoms. The summed E-state index contributed by atoms with van der Waals surface area (Å²) in [5.41, 5.74) is 3.71. The summed E-state index contributed by atoms with van der Waals surface area (Å²) in [6.45, 7) is 7.31. The van der Waals surface area contributed by atoms with Crippen LogP contribution in [-0.2, 0) is 22.7 Å². The van der Waals surface area contributed by atoms with Crippen LogP contribution in [-0.4, -0.2) is 71.7 Å². The summed E-state index contributed by atoms with van der Waals surface area (Å²) in [7, 11) is 2.17. The normalized spacial score (nSPS) is 22.2. The van der Waals surface area contributed by atoms with Crippen molar-refractivity contribution in [3.05, 3.63) is 64.7 Å². The van der Waals surface area contributed by atoms with Crippen molar-refractivity contribution in [2.24, 2.45) is 0 Å². The van der Waals surface area contributed by atoms with Gasteiger partial charge in [-0.2, -0.15) is 0 Å². The van der Waals surface area contributed by atoms with Gasteiger partial charge in [0.2, 0.25) is 11.8 Å². The Bertz CT molecular complexity index is 1120. The van der Waals surface area contributed by atoms with Gasteiger partial charge in [0.1, 0.15) is 18.4 Å². The van der Waals surface area contributed by atoms with Crippen LogP contribution in [0.4, 0.5) is 0 Å². The Labute approximate surface area is 205 Å². The first-order chi connectivity index (χ1) is 16.9. The third-order valence-electron chi connectivity index (χ3n) is 7.48. The van der Waals surface area contributed by atoms with E-state index in [0.29, 0.717) is 36.9 Å². The largest absolute Gasteiger partial charge is 0.489 e. The highest BCUT2D eigenvalue weighted by Crippen LogP contribution is 2.34. The van der Waals surface area contributed by atoms with Gasteiger partial charge in [-0.25, -0.2) is 0 Å². The Morgan fingerprint density at radius 3 is 2.49 bits per heavy atom. The molecule has 35 heavy (non-hydrogen) atoms. The number of carbonyl (C=O) groups excluding carboxylic acids is 3. The number of hydrogen-bond acceptors (Lipinski definition) is 6. The fourth-order valence-corrected chi connectivity index (χ4v) is 5.17. The topological polar surface area (TPSA) is 82.2 Å². The van der Waals surface area contributed by atoms with Crippen molar-refractivity contribution in [2.75, 3.05) is 33.2 Å². The van der Waals surface area contributed by atoms with E-state index >= 15 is 0 Å². The van der Waals surface area contributed by atoms with Gasteiger partial charge < -0.3 is 14.5 Å². The molecule has 5 rings (SSSR count).